The lowest BCUT2D eigenvalue weighted by atomic mass is 9.97. The van der Waals surface area contributed by atoms with E-state index in [2.05, 4.69) is 0 Å². The second-order valence-corrected chi connectivity index (χ2v) is 5.48. The highest BCUT2D eigenvalue weighted by molar-refractivity contribution is 8.14. The summed E-state index contributed by atoms with van der Waals surface area (Å²) in [5.41, 5.74) is 11.4. The normalized spacial score (nSPS) is 13.4. The summed E-state index contributed by atoms with van der Waals surface area (Å²) in [4.78, 5) is 34.9. The molecule has 5 N–H and O–H groups in total. The van der Waals surface area contributed by atoms with E-state index in [0.29, 0.717) is 5.56 Å². The first-order valence-electron chi connectivity index (χ1n) is 6.39. The van der Waals surface area contributed by atoms with Crippen LogP contribution in [0.15, 0.2) is 30.3 Å². The largest absolute Gasteiger partial charge is 0.481 e. The number of benzene rings is 1. The molecule has 0 saturated carbocycles. The van der Waals surface area contributed by atoms with Crippen LogP contribution in [0.5, 0.6) is 0 Å². The zero-order valence-corrected chi connectivity index (χ0v) is 12.2. The zero-order chi connectivity index (χ0) is 15.8. The highest BCUT2D eigenvalue weighted by Gasteiger charge is 2.28. The van der Waals surface area contributed by atoms with Crippen LogP contribution in [-0.4, -0.2) is 40.3 Å². The van der Waals surface area contributed by atoms with Crippen LogP contribution < -0.4 is 11.5 Å². The molecule has 21 heavy (non-hydrogen) atoms. The molecule has 0 aliphatic heterocycles. The van der Waals surface area contributed by atoms with E-state index in [1.54, 1.807) is 30.3 Å². The summed E-state index contributed by atoms with van der Waals surface area (Å²) in [6, 6.07) is 7.94. The second-order valence-electron chi connectivity index (χ2n) is 4.53. The number of carboxylic acid groups (broad SMARTS) is 1. The van der Waals surface area contributed by atoms with Gasteiger partial charge in [-0.2, -0.15) is 0 Å². The van der Waals surface area contributed by atoms with Crippen molar-refractivity contribution in [1.29, 1.82) is 0 Å². The zero-order valence-electron chi connectivity index (χ0n) is 11.4. The highest BCUT2D eigenvalue weighted by Crippen LogP contribution is 2.16. The molecule has 0 bridgehead atoms. The highest BCUT2D eigenvalue weighted by atomic mass is 32.2. The average Bonchev–Trinajstić information content (AvgIpc) is 2.50. The molecular weight excluding hydrogens is 292 g/mol. The van der Waals surface area contributed by atoms with Crippen LogP contribution >= 0.6 is 11.8 Å². The van der Waals surface area contributed by atoms with Crippen molar-refractivity contribution in [3.63, 3.8) is 0 Å². The van der Waals surface area contributed by atoms with Gasteiger partial charge in [0.05, 0.1) is 5.75 Å². The standard InChI is InChI=1S/C14H18N2O4S/c15-7-10(16)6-11(13(18)19)12(17)8-21-14(20)9-4-2-1-3-5-9/h1-5,10-11H,6-8,15-16H2,(H,18,19). The molecule has 0 radical (unpaired) electrons. The molecule has 0 aliphatic carbocycles. The third-order valence-electron chi connectivity index (χ3n) is 2.88. The minimum absolute atomic E-state index is 0.0231. The van der Waals surface area contributed by atoms with Gasteiger partial charge in [-0.15, -0.1) is 0 Å². The first-order chi connectivity index (χ1) is 9.95. The van der Waals surface area contributed by atoms with Crippen molar-refractivity contribution in [2.75, 3.05) is 12.3 Å². The maximum Gasteiger partial charge on any atom is 0.314 e. The fraction of sp³-hybridized carbons (Fsp3) is 0.357. The van der Waals surface area contributed by atoms with Crippen molar-refractivity contribution < 1.29 is 19.5 Å². The fourth-order valence-corrected chi connectivity index (χ4v) is 2.44. The van der Waals surface area contributed by atoms with Crippen LogP contribution in [0.4, 0.5) is 0 Å². The van der Waals surface area contributed by atoms with E-state index in [1.165, 1.54) is 0 Å². The first-order valence-corrected chi connectivity index (χ1v) is 7.37. The SMILES string of the molecule is NCC(N)CC(C(=O)O)C(=O)CSC(=O)c1ccccc1. The number of Topliss-reactive ketones (excluding diaryl/α,β-unsaturated/α-hetero) is 1. The Bertz CT molecular complexity index is 507. The monoisotopic (exact) mass is 310 g/mol. The summed E-state index contributed by atoms with van der Waals surface area (Å²) < 4.78 is 0. The van der Waals surface area contributed by atoms with Gasteiger partial charge in [-0.1, -0.05) is 42.1 Å². The van der Waals surface area contributed by atoms with Gasteiger partial charge in [0.1, 0.15) is 5.92 Å². The van der Waals surface area contributed by atoms with E-state index in [9.17, 15) is 14.4 Å². The molecule has 1 rings (SSSR count). The summed E-state index contributed by atoms with van der Waals surface area (Å²) in [5.74, 6) is -3.18. The Morgan fingerprint density at radius 3 is 2.33 bits per heavy atom. The summed E-state index contributed by atoms with van der Waals surface area (Å²) in [6.07, 6.45) is -0.0231. The van der Waals surface area contributed by atoms with Crippen LogP contribution in [0, 0.1) is 5.92 Å². The topological polar surface area (TPSA) is 123 Å². The number of aliphatic carboxylic acids is 1. The number of hydrogen-bond acceptors (Lipinski definition) is 6. The summed E-state index contributed by atoms with van der Waals surface area (Å²) in [6.45, 7) is 0.104. The molecule has 1 aromatic rings. The lowest BCUT2D eigenvalue weighted by Crippen LogP contribution is -2.37. The van der Waals surface area contributed by atoms with E-state index in [-0.39, 0.29) is 23.8 Å². The molecule has 0 aliphatic rings. The minimum atomic E-state index is -1.24. The van der Waals surface area contributed by atoms with Gasteiger partial charge in [0.15, 0.2) is 5.78 Å². The Morgan fingerprint density at radius 1 is 1.19 bits per heavy atom. The molecule has 2 atom stereocenters. The number of nitrogens with two attached hydrogens (primary N) is 2. The number of thioether (sulfide) groups is 1. The maximum atomic E-state index is 11.9. The Hall–Kier alpha value is -1.70. The van der Waals surface area contributed by atoms with E-state index in [4.69, 9.17) is 16.6 Å². The van der Waals surface area contributed by atoms with Crippen molar-refractivity contribution in [3.8, 4) is 0 Å². The minimum Gasteiger partial charge on any atom is -0.481 e. The van der Waals surface area contributed by atoms with Crippen molar-refractivity contribution in [2.24, 2.45) is 17.4 Å². The molecule has 6 nitrogen and oxygen atoms in total. The Labute approximate surface area is 126 Å². The molecule has 0 aromatic heterocycles. The van der Waals surface area contributed by atoms with Gasteiger partial charge >= 0.3 is 5.97 Å². The van der Waals surface area contributed by atoms with E-state index in [1.807, 2.05) is 0 Å². The molecule has 0 heterocycles. The van der Waals surface area contributed by atoms with Crippen molar-refractivity contribution in [3.05, 3.63) is 35.9 Å². The van der Waals surface area contributed by atoms with Crippen LogP contribution in [0.2, 0.25) is 0 Å². The van der Waals surface area contributed by atoms with Gasteiger partial charge in [0, 0.05) is 18.2 Å². The van der Waals surface area contributed by atoms with Gasteiger partial charge in [-0.05, 0) is 6.42 Å². The molecule has 1 aromatic carbocycles. The average molecular weight is 310 g/mol. The van der Waals surface area contributed by atoms with Crippen molar-refractivity contribution in [2.45, 2.75) is 12.5 Å². The number of carbonyl (C=O) groups is 3. The lowest BCUT2D eigenvalue weighted by Gasteiger charge is -2.14. The van der Waals surface area contributed by atoms with E-state index in [0.717, 1.165) is 11.8 Å². The summed E-state index contributed by atoms with van der Waals surface area (Å²) in [5, 5.41) is 8.79. The number of rotatable bonds is 8. The lowest BCUT2D eigenvalue weighted by molar-refractivity contribution is -0.146. The van der Waals surface area contributed by atoms with Crippen LogP contribution in [0.1, 0.15) is 16.8 Å². The number of carboxylic acids is 1. The number of ketones is 1. The van der Waals surface area contributed by atoms with Gasteiger partial charge in [-0.3, -0.25) is 14.4 Å². The molecular formula is C14H18N2O4S. The number of carbonyl (C=O) groups excluding carboxylic acids is 2. The molecule has 7 heteroatoms. The number of hydrogen-bond donors (Lipinski definition) is 3. The third-order valence-corrected chi connectivity index (χ3v) is 3.81. The molecule has 0 spiro atoms. The fourth-order valence-electron chi connectivity index (χ4n) is 1.66. The van der Waals surface area contributed by atoms with E-state index >= 15 is 0 Å². The third kappa shape index (κ3) is 5.66. The Morgan fingerprint density at radius 2 is 1.81 bits per heavy atom. The van der Waals surface area contributed by atoms with Gasteiger partial charge in [0.2, 0.25) is 5.12 Å². The van der Waals surface area contributed by atoms with E-state index < -0.39 is 23.7 Å². The first kappa shape index (κ1) is 17.4. The van der Waals surface area contributed by atoms with Crippen LogP contribution in [0.3, 0.4) is 0 Å². The molecule has 114 valence electrons. The second kappa shape index (κ2) is 8.56. The quantitative estimate of drug-likeness (QED) is 0.597. The molecule has 0 amide bonds. The maximum absolute atomic E-state index is 11.9. The summed E-state index contributed by atoms with van der Waals surface area (Å²) >= 11 is 0.794. The Kier molecular flexibility index (Phi) is 7.07. The molecule has 0 fully saturated rings. The predicted octanol–water partition coefficient (Wildman–Crippen LogP) is 0.506. The predicted molar refractivity (Wildman–Crippen MR) is 81.0 cm³/mol. The Balaban J connectivity index is 2.58. The van der Waals surface area contributed by atoms with Crippen LogP contribution in [-0.2, 0) is 9.59 Å². The van der Waals surface area contributed by atoms with Gasteiger partial charge < -0.3 is 16.6 Å². The molecule has 0 saturated heterocycles. The van der Waals surface area contributed by atoms with Gasteiger partial charge in [0.25, 0.3) is 0 Å². The van der Waals surface area contributed by atoms with Gasteiger partial charge in [-0.25, -0.2) is 0 Å². The van der Waals surface area contributed by atoms with Crippen molar-refractivity contribution in [1.82, 2.24) is 0 Å². The smallest absolute Gasteiger partial charge is 0.314 e. The molecule has 2 unspecified atom stereocenters. The van der Waals surface area contributed by atoms with Crippen LogP contribution in [0.25, 0.3) is 0 Å². The van der Waals surface area contributed by atoms with Crippen molar-refractivity contribution >= 4 is 28.6 Å². The summed E-state index contributed by atoms with van der Waals surface area (Å²) in [7, 11) is 0.